The van der Waals surface area contributed by atoms with Crippen LogP contribution in [0.5, 0.6) is 5.88 Å². The fourth-order valence-corrected chi connectivity index (χ4v) is 2.92. The van der Waals surface area contributed by atoms with E-state index in [1.807, 2.05) is 0 Å². The molecule has 96 valence electrons. The zero-order chi connectivity index (χ0) is 12.7. The summed E-state index contributed by atoms with van der Waals surface area (Å²) in [5.41, 5.74) is -0.206. The molecule has 1 amide bonds. The van der Waals surface area contributed by atoms with Crippen molar-refractivity contribution in [3.63, 3.8) is 0 Å². The van der Waals surface area contributed by atoms with Crippen LogP contribution in [0.2, 0.25) is 0 Å². The van der Waals surface area contributed by atoms with E-state index in [-0.39, 0.29) is 23.4 Å². The van der Waals surface area contributed by atoms with Crippen LogP contribution in [-0.2, 0) is 0 Å². The van der Waals surface area contributed by atoms with Gasteiger partial charge in [0.15, 0.2) is 5.88 Å². The highest BCUT2D eigenvalue weighted by Gasteiger charge is 2.40. The van der Waals surface area contributed by atoms with E-state index in [0.29, 0.717) is 5.92 Å². The van der Waals surface area contributed by atoms with E-state index >= 15 is 0 Å². The first-order valence-electron chi connectivity index (χ1n) is 6.10. The molecule has 0 bridgehead atoms. The fourth-order valence-electron chi connectivity index (χ4n) is 2.92. The molecule has 1 aromatic rings. The van der Waals surface area contributed by atoms with Gasteiger partial charge in [-0.05, 0) is 12.3 Å². The molecule has 2 aliphatic rings. The number of aromatic nitrogens is 1. The standard InChI is InChI=1S/C12H15N3O3/c16-10-3-8(4-11(17)14-10)12(18)15-2-1-7-5-13-6-9(7)15/h3-4,7,9,13H,1-2,5-6H2,(H2,14,16,17)/t7-,9+/m1/s1. The summed E-state index contributed by atoms with van der Waals surface area (Å²) in [5.74, 6) is 0.0725. The van der Waals surface area contributed by atoms with E-state index in [0.717, 1.165) is 26.1 Å². The Morgan fingerprint density at radius 2 is 2.22 bits per heavy atom. The molecule has 0 spiro atoms. The van der Waals surface area contributed by atoms with Crippen LogP contribution in [0.15, 0.2) is 16.9 Å². The van der Waals surface area contributed by atoms with Crippen LogP contribution in [-0.4, -0.2) is 46.6 Å². The van der Waals surface area contributed by atoms with Gasteiger partial charge >= 0.3 is 0 Å². The zero-order valence-electron chi connectivity index (χ0n) is 9.85. The van der Waals surface area contributed by atoms with Gasteiger partial charge in [0.25, 0.3) is 11.5 Å². The normalized spacial score (nSPS) is 26.3. The molecule has 3 rings (SSSR count). The number of aromatic hydroxyl groups is 1. The molecule has 6 nitrogen and oxygen atoms in total. The average Bonchev–Trinajstić information content (AvgIpc) is 2.88. The Morgan fingerprint density at radius 3 is 3.00 bits per heavy atom. The summed E-state index contributed by atoms with van der Waals surface area (Å²) in [4.78, 5) is 27.6. The highest BCUT2D eigenvalue weighted by molar-refractivity contribution is 5.94. The first kappa shape index (κ1) is 11.3. The molecule has 3 N–H and O–H groups in total. The van der Waals surface area contributed by atoms with Gasteiger partial charge in [0.2, 0.25) is 0 Å². The monoisotopic (exact) mass is 249 g/mol. The van der Waals surface area contributed by atoms with Crippen molar-refractivity contribution in [2.45, 2.75) is 12.5 Å². The van der Waals surface area contributed by atoms with Crippen molar-refractivity contribution in [3.05, 3.63) is 28.0 Å². The molecule has 18 heavy (non-hydrogen) atoms. The summed E-state index contributed by atoms with van der Waals surface area (Å²) in [6, 6.07) is 2.76. The van der Waals surface area contributed by atoms with Gasteiger partial charge < -0.3 is 15.3 Å². The maximum atomic E-state index is 12.3. The molecule has 2 aliphatic heterocycles. The second-order valence-corrected chi connectivity index (χ2v) is 4.89. The third-order valence-electron chi connectivity index (χ3n) is 3.78. The number of fused-ring (bicyclic) bond motifs is 1. The molecule has 1 aromatic heterocycles. The first-order valence-corrected chi connectivity index (χ1v) is 6.10. The number of nitrogens with zero attached hydrogens (tertiary/aromatic N) is 1. The number of hydrogen-bond acceptors (Lipinski definition) is 4. The predicted octanol–water partition coefficient (Wildman–Crippen LogP) is -0.486. The number of H-pyrrole nitrogens is 1. The van der Waals surface area contributed by atoms with Crippen LogP contribution in [0.25, 0.3) is 0 Å². The van der Waals surface area contributed by atoms with Crippen LogP contribution in [0.3, 0.4) is 0 Å². The number of carbonyl (C=O) groups is 1. The summed E-state index contributed by atoms with van der Waals surface area (Å²) in [7, 11) is 0. The summed E-state index contributed by atoms with van der Waals surface area (Å²) in [6.45, 7) is 2.49. The second-order valence-electron chi connectivity index (χ2n) is 4.89. The summed E-state index contributed by atoms with van der Waals surface area (Å²) in [5, 5.41) is 12.6. The minimum atomic E-state index is -0.460. The topological polar surface area (TPSA) is 85.4 Å². The number of rotatable bonds is 1. The molecule has 0 radical (unpaired) electrons. The predicted molar refractivity (Wildman–Crippen MR) is 64.5 cm³/mol. The number of pyridine rings is 1. The van der Waals surface area contributed by atoms with Crippen molar-refractivity contribution in [3.8, 4) is 5.88 Å². The van der Waals surface area contributed by atoms with E-state index in [9.17, 15) is 14.7 Å². The maximum absolute atomic E-state index is 12.3. The molecular formula is C12H15N3O3. The van der Waals surface area contributed by atoms with Crippen LogP contribution < -0.4 is 10.9 Å². The minimum absolute atomic E-state index is 0.174. The lowest BCUT2D eigenvalue weighted by atomic mass is 10.0. The highest BCUT2D eigenvalue weighted by Crippen LogP contribution is 2.28. The van der Waals surface area contributed by atoms with E-state index in [4.69, 9.17) is 0 Å². The van der Waals surface area contributed by atoms with Gasteiger partial charge in [-0.25, -0.2) is 0 Å². The Bertz CT molecular complexity index is 540. The Labute approximate surface area is 104 Å². The minimum Gasteiger partial charge on any atom is -0.494 e. The third-order valence-corrected chi connectivity index (χ3v) is 3.78. The fraction of sp³-hybridized carbons (Fsp3) is 0.500. The molecular weight excluding hydrogens is 234 g/mol. The van der Waals surface area contributed by atoms with E-state index in [1.165, 1.54) is 12.1 Å². The van der Waals surface area contributed by atoms with Gasteiger partial charge in [0.1, 0.15) is 0 Å². The van der Waals surface area contributed by atoms with Crippen molar-refractivity contribution < 1.29 is 9.90 Å². The van der Waals surface area contributed by atoms with Crippen LogP contribution >= 0.6 is 0 Å². The van der Waals surface area contributed by atoms with Crippen molar-refractivity contribution >= 4 is 5.91 Å². The SMILES string of the molecule is O=C(c1cc(O)[nH]c(=O)c1)N1CC[C@@H]2CNC[C@@H]21. The molecule has 2 atom stereocenters. The molecule has 3 heterocycles. The number of nitrogens with one attached hydrogen (secondary N) is 2. The number of likely N-dealkylation sites (tertiary alicyclic amines) is 1. The first-order chi connectivity index (χ1) is 8.65. The van der Waals surface area contributed by atoms with Crippen LogP contribution in [0, 0.1) is 5.92 Å². The summed E-state index contributed by atoms with van der Waals surface area (Å²) in [6.07, 6.45) is 0.999. The molecule has 0 aromatic carbocycles. The average molecular weight is 249 g/mol. The van der Waals surface area contributed by atoms with E-state index in [2.05, 4.69) is 10.3 Å². The van der Waals surface area contributed by atoms with Gasteiger partial charge in [0.05, 0.1) is 5.56 Å². The van der Waals surface area contributed by atoms with Gasteiger partial charge in [-0.1, -0.05) is 0 Å². The number of carbonyl (C=O) groups excluding carboxylic acids is 1. The van der Waals surface area contributed by atoms with Crippen molar-refractivity contribution in [1.29, 1.82) is 0 Å². The molecule has 2 saturated heterocycles. The summed E-state index contributed by atoms with van der Waals surface area (Å²) >= 11 is 0. The third kappa shape index (κ3) is 1.78. The van der Waals surface area contributed by atoms with Gasteiger partial charge in [-0.2, -0.15) is 0 Å². The second kappa shape index (κ2) is 4.13. The van der Waals surface area contributed by atoms with E-state index in [1.54, 1.807) is 4.90 Å². The van der Waals surface area contributed by atoms with Gasteiger partial charge in [0, 0.05) is 37.8 Å². The summed E-state index contributed by atoms with van der Waals surface area (Å²) < 4.78 is 0. The smallest absolute Gasteiger partial charge is 0.254 e. The van der Waals surface area contributed by atoms with Gasteiger partial charge in [-0.3, -0.25) is 14.6 Å². The van der Waals surface area contributed by atoms with Crippen LogP contribution in [0.4, 0.5) is 0 Å². The number of amides is 1. The highest BCUT2D eigenvalue weighted by atomic mass is 16.3. The van der Waals surface area contributed by atoms with Crippen LogP contribution in [0.1, 0.15) is 16.8 Å². The molecule has 0 unspecified atom stereocenters. The molecule has 0 aliphatic carbocycles. The Hall–Kier alpha value is -1.82. The van der Waals surface area contributed by atoms with Crippen molar-refractivity contribution in [2.24, 2.45) is 5.92 Å². The van der Waals surface area contributed by atoms with Crippen molar-refractivity contribution in [1.82, 2.24) is 15.2 Å². The molecule has 2 fully saturated rings. The van der Waals surface area contributed by atoms with E-state index < -0.39 is 5.56 Å². The lowest BCUT2D eigenvalue weighted by Gasteiger charge is -2.23. The molecule has 6 heteroatoms. The lowest BCUT2D eigenvalue weighted by molar-refractivity contribution is 0.0736. The Morgan fingerprint density at radius 1 is 1.39 bits per heavy atom. The lowest BCUT2D eigenvalue weighted by Crippen LogP contribution is -2.39. The van der Waals surface area contributed by atoms with Crippen molar-refractivity contribution in [2.75, 3.05) is 19.6 Å². The quantitative estimate of drug-likeness (QED) is 0.627. The zero-order valence-corrected chi connectivity index (χ0v) is 9.85. The van der Waals surface area contributed by atoms with Gasteiger partial charge in [-0.15, -0.1) is 0 Å². The largest absolute Gasteiger partial charge is 0.494 e. The maximum Gasteiger partial charge on any atom is 0.254 e. The molecule has 0 saturated carbocycles. The Balaban J connectivity index is 1.88. The number of hydrogen-bond donors (Lipinski definition) is 3. The Kier molecular flexibility index (Phi) is 2.59. The number of aromatic amines is 1.